The molecule has 3 rings (SSSR count). The van der Waals surface area contributed by atoms with Crippen molar-refractivity contribution in [1.29, 1.82) is 0 Å². The minimum absolute atomic E-state index is 0.281. The Morgan fingerprint density at radius 3 is 2.48 bits per heavy atom. The van der Waals surface area contributed by atoms with Gasteiger partial charge in [-0.15, -0.1) is 0 Å². The molecule has 0 amide bonds. The number of aryl methyl sites for hydroxylation is 1. The molecule has 0 bridgehead atoms. The van der Waals surface area contributed by atoms with Gasteiger partial charge in [0.15, 0.2) is 0 Å². The number of hydrogen-bond donors (Lipinski definition) is 1. The molecule has 2 aromatic rings. The molecule has 1 fully saturated rings. The Balaban J connectivity index is 1.82. The molecule has 1 aliphatic rings. The van der Waals surface area contributed by atoms with Crippen LogP contribution in [0.5, 0.6) is 0 Å². The maximum absolute atomic E-state index is 10.9. The molecule has 0 radical (unpaired) electrons. The molecule has 23 heavy (non-hydrogen) atoms. The lowest BCUT2D eigenvalue weighted by atomic mass is 10.2. The van der Waals surface area contributed by atoms with Crippen LogP contribution in [0.15, 0.2) is 35.3 Å². The fraction of sp³-hybridized carbons (Fsp3) is 0.368. The average Bonchev–Trinajstić information content (AvgIpc) is 3.14. The van der Waals surface area contributed by atoms with Crippen molar-refractivity contribution >= 4 is 17.9 Å². The molecule has 0 saturated heterocycles. The molecule has 0 aliphatic heterocycles. The molecule has 120 valence electrons. The Labute approximate surface area is 136 Å². The van der Waals surface area contributed by atoms with E-state index in [1.165, 1.54) is 37.1 Å². The molecule has 4 nitrogen and oxygen atoms in total. The van der Waals surface area contributed by atoms with E-state index in [1.807, 2.05) is 6.21 Å². The van der Waals surface area contributed by atoms with Gasteiger partial charge in [0, 0.05) is 29.2 Å². The second-order valence-corrected chi connectivity index (χ2v) is 6.24. The predicted molar refractivity (Wildman–Crippen MR) is 92.1 cm³/mol. The Hall–Kier alpha value is -2.36. The standard InChI is InChI=1S/C19H22N2O2/c1-13-11-16(14(2)21(13)18-5-3-4-6-18)12-20-17-9-7-15(8-10-17)19(22)23/h7-12,18H,3-6H2,1-2H3,(H,22,23). The molecule has 1 aliphatic carbocycles. The summed E-state index contributed by atoms with van der Waals surface area (Å²) < 4.78 is 2.45. The highest BCUT2D eigenvalue weighted by molar-refractivity contribution is 5.88. The molecular formula is C19H22N2O2. The summed E-state index contributed by atoms with van der Waals surface area (Å²) in [7, 11) is 0. The van der Waals surface area contributed by atoms with Crippen LogP contribution < -0.4 is 0 Å². The third kappa shape index (κ3) is 3.21. The van der Waals surface area contributed by atoms with Gasteiger partial charge in [-0.25, -0.2) is 4.79 Å². The van der Waals surface area contributed by atoms with Crippen molar-refractivity contribution in [2.75, 3.05) is 0 Å². The summed E-state index contributed by atoms with van der Waals surface area (Å²) in [6, 6.07) is 9.44. The molecule has 1 heterocycles. The highest BCUT2D eigenvalue weighted by atomic mass is 16.4. The second-order valence-electron chi connectivity index (χ2n) is 6.24. The van der Waals surface area contributed by atoms with E-state index in [4.69, 9.17) is 5.11 Å². The van der Waals surface area contributed by atoms with Crippen LogP contribution in [0.3, 0.4) is 0 Å². The number of aliphatic imine (C=N–C) groups is 1. The van der Waals surface area contributed by atoms with E-state index in [1.54, 1.807) is 24.3 Å². The largest absolute Gasteiger partial charge is 0.478 e. The van der Waals surface area contributed by atoms with Gasteiger partial charge >= 0.3 is 5.97 Å². The molecule has 0 spiro atoms. The Bertz CT molecular complexity index is 735. The van der Waals surface area contributed by atoms with Crippen LogP contribution in [-0.4, -0.2) is 21.9 Å². The van der Waals surface area contributed by atoms with Crippen molar-refractivity contribution in [2.24, 2.45) is 4.99 Å². The minimum atomic E-state index is -0.916. The van der Waals surface area contributed by atoms with Crippen molar-refractivity contribution in [2.45, 2.75) is 45.6 Å². The third-order valence-corrected chi connectivity index (χ3v) is 4.68. The van der Waals surface area contributed by atoms with Gasteiger partial charge in [0.05, 0.1) is 11.3 Å². The van der Waals surface area contributed by atoms with Crippen molar-refractivity contribution in [1.82, 2.24) is 4.57 Å². The third-order valence-electron chi connectivity index (χ3n) is 4.68. The number of aromatic nitrogens is 1. The summed E-state index contributed by atoms with van der Waals surface area (Å²) in [5.41, 5.74) is 4.73. The van der Waals surface area contributed by atoms with Gasteiger partial charge < -0.3 is 9.67 Å². The quantitative estimate of drug-likeness (QED) is 0.834. The minimum Gasteiger partial charge on any atom is -0.478 e. The van der Waals surface area contributed by atoms with Crippen molar-refractivity contribution in [3.8, 4) is 0 Å². The Kier molecular flexibility index (Phi) is 4.33. The zero-order valence-electron chi connectivity index (χ0n) is 13.6. The van der Waals surface area contributed by atoms with E-state index in [9.17, 15) is 4.79 Å². The molecule has 4 heteroatoms. The number of carbonyl (C=O) groups is 1. The lowest BCUT2D eigenvalue weighted by molar-refractivity contribution is 0.0697. The van der Waals surface area contributed by atoms with Crippen LogP contribution in [0.1, 0.15) is 59.0 Å². The Morgan fingerprint density at radius 2 is 1.87 bits per heavy atom. The highest BCUT2D eigenvalue weighted by Gasteiger charge is 2.20. The van der Waals surface area contributed by atoms with E-state index in [2.05, 4.69) is 29.5 Å². The number of benzene rings is 1. The number of hydrogen-bond acceptors (Lipinski definition) is 2. The van der Waals surface area contributed by atoms with Crippen LogP contribution in [-0.2, 0) is 0 Å². The summed E-state index contributed by atoms with van der Waals surface area (Å²) in [5.74, 6) is -0.916. The van der Waals surface area contributed by atoms with Gasteiger partial charge in [-0.3, -0.25) is 4.99 Å². The van der Waals surface area contributed by atoms with Crippen molar-refractivity contribution in [3.05, 3.63) is 52.8 Å². The van der Waals surface area contributed by atoms with Gasteiger partial charge in [0.2, 0.25) is 0 Å². The fourth-order valence-electron chi connectivity index (χ4n) is 3.49. The molecule has 0 atom stereocenters. The smallest absolute Gasteiger partial charge is 0.335 e. The average molecular weight is 310 g/mol. The number of carboxylic acids is 1. The number of aromatic carboxylic acids is 1. The van der Waals surface area contributed by atoms with Crippen LogP contribution >= 0.6 is 0 Å². The van der Waals surface area contributed by atoms with E-state index >= 15 is 0 Å². The number of nitrogens with zero attached hydrogens (tertiary/aromatic N) is 2. The molecule has 1 aromatic heterocycles. The number of carboxylic acid groups (broad SMARTS) is 1. The number of rotatable bonds is 4. The predicted octanol–water partition coefficient (Wildman–Crippen LogP) is 4.67. The zero-order chi connectivity index (χ0) is 16.4. The van der Waals surface area contributed by atoms with Crippen LogP contribution in [0.4, 0.5) is 5.69 Å². The first-order chi connectivity index (χ1) is 11.1. The summed E-state index contributed by atoms with van der Waals surface area (Å²) in [4.78, 5) is 15.3. The normalized spacial score (nSPS) is 15.6. The molecule has 1 saturated carbocycles. The van der Waals surface area contributed by atoms with Crippen LogP contribution in [0.25, 0.3) is 0 Å². The van der Waals surface area contributed by atoms with Gasteiger partial charge in [-0.1, -0.05) is 12.8 Å². The van der Waals surface area contributed by atoms with Crippen LogP contribution in [0.2, 0.25) is 0 Å². The molecular weight excluding hydrogens is 288 g/mol. The van der Waals surface area contributed by atoms with Crippen LogP contribution in [0, 0.1) is 13.8 Å². The van der Waals surface area contributed by atoms with Gasteiger partial charge in [-0.2, -0.15) is 0 Å². The summed E-state index contributed by atoms with van der Waals surface area (Å²) in [6.07, 6.45) is 7.05. The van der Waals surface area contributed by atoms with Gasteiger partial charge in [0.25, 0.3) is 0 Å². The van der Waals surface area contributed by atoms with Crippen molar-refractivity contribution in [3.63, 3.8) is 0 Å². The van der Waals surface area contributed by atoms with E-state index < -0.39 is 5.97 Å². The molecule has 0 unspecified atom stereocenters. The first-order valence-corrected chi connectivity index (χ1v) is 8.12. The maximum Gasteiger partial charge on any atom is 0.335 e. The Morgan fingerprint density at radius 1 is 1.22 bits per heavy atom. The molecule has 1 aromatic carbocycles. The lowest BCUT2D eigenvalue weighted by Gasteiger charge is -2.17. The molecule has 1 N–H and O–H groups in total. The van der Waals surface area contributed by atoms with Crippen molar-refractivity contribution < 1.29 is 9.90 Å². The maximum atomic E-state index is 10.9. The summed E-state index contributed by atoms with van der Waals surface area (Å²) >= 11 is 0. The van der Waals surface area contributed by atoms with E-state index in [0.717, 1.165) is 11.3 Å². The van der Waals surface area contributed by atoms with E-state index in [-0.39, 0.29) is 5.56 Å². The highest BCUT2D eigenvalue weighted by Crippen LogP contribution is 2.33. The van der Waals surface area contributed by atoms with E-state index in [0.29, 0.717) is 6.04 Å². The second kappa shape index (κ2) is 6.41. The van der Waals surface area contributed by atoms with Gasteiger partial charge in [0.1, 0.15) is 0 Å². The topological polar surface area (TPSA) is 54.6 Å². The summed E-state index contributed by atoms with van der Waals surface area (Å²) in [6.45, 7) is 4.31. The monoisotopic (exact) mass is 310 g/mol. The fourth-order valence-corrected chi connectivity index (χ4v) is 3.49. The first kappa shape index (κ1) is 15.5. The first-order valence-electron chi connectivity index (χ1n) is 8.12. The van der Waals surface area contributed by atoms with Gasteiger partial charge in [-0.05, 0) is 57.0 Å². The summed E-state index contributed by atoms with van der Waals surface area (Å²) in [5, 5.41) is 8.92. The SMILES string of the molecule is Cc1cc(C=Nc2ccc(C(=O)O)cc2)c(C)n1C1CCCC1. The lowest BCUT2D eigenvalue weighted by Crippen LogP contribution is -2.08. The zero-order valence-corrected chi connectivity index (χ0v) is 13.6.